The van der Waals surface area contributed by atoms with Gasteiger partial charge < -0.3 is 20.9 Å². The highest BCUT2D eigenvalue weighted by Gasteiger charge is 2.36. The van der Waals surface area contributed by atoms with Crippen molar-refractivity contribution in [1.82, 2.24) is 15.1 Å². The summed E-state index contributed by atoms with van der Waals surface area (Å²) in [6.07, 6.45) is 3.36. The molecule has 2 unspecified atom stereocenters. The molecule has 0 aromatic heterocycles. The lowest BCUT2D eigenvalue weighted by Gasteiger charge is -2.42. The first-order valence-electron chi connectivity index (χ1n) is 10.5. The van der Waals surface area contributed by atoms with E-state index in [1.54, 1.807) is 25.1 Å². The minimum absolute atomic E-state index is 0.0990. The Bertz CT molecular complexity index is 997. The maximum absolute atomic E-state index is 14.7. The van der Waals surface area contributed by atoms with Crippen molar-refractivity contribution in [2.75, 3.05) is 27.2 Å². The molecule has 32 heavy (non-hydrogen) atoms. The monoisotopic (exact) mass is 458 g/mol. The summed E-state index contributed by atoms with van der Waals surface area (Å²) in [6.45, 7) is 0.674. The normalized spacial score (nSPS) is 18.1. The fraction of sp³-hybridized carbons (Fsp3) is 0.333. The average molecular weight is 459 g/mol. The number of nitrogens with two attached hydrogens (primary N) is 1. The number of primary amides is 1. The lowest BCUT2D eigenvalue weighted by molar-refractivity contribution is 0.136. The number of amides is 4. The Kier molecular flexibility index (Phi) is 7.75. The van der Waals surface area contributed by atoms with Crippen LogP contribution in [-0.4, -0.2) is 49.0 Å². The molecule has 3 N–H and O–H groups in total. The molecule has 170 valence electrons. The zero-order chi connectivity index (χ0) is 23.3. The molecule has 6 nitrogen and oxygen atoms in total. The summed E-state index contributed by atoms with van der Waals surface area (Å²) in [4.78, 5) is 27.6. The van der Waals surface area contributed by atoms with E-state index in [9.17, 15) is 14.0 Å². The topological polar surface area (TPSA) is 78.7 Å². The van der Waals surface area contributed by atoms with Gasteiger partial charge in [0, 0.05) is 43.7 Å². The molecule has 0 bridgehead atoms. The number of nitrogens with one attached hydrogen (secondary N) is 1. The number of urea groups is 2. The molecule has 0 aliphatic carbocycles. The van der Waals surface area contributed by atoms with Crippen molar-refractivity contribution >= 4 is 29.2 Å². The van der Waals surface area contributed by atoms with Crippen LogP contribution in [0.4, 0.5) is 14.0 Å². The highest BCUT2D eigenvalue weighted by Crippen LogP contribution is 2.41. The van der Waals surface area contributed by atoms with E-state index in [1.165, 1.54) is 17.0 Å². The summed E-state index contributed by atoms with van der Waals surface area (Å²) in [7, 11) is 3.41. The van der Waals surface area contributed by atoms with Crippen molar-refractivity contribution in [3.05, 3.63) is 76.6 Å². The minimum Gasteiger partial charge on any atom is -0.352 e. The smallest absolute Gasteiger partial charge is 0.320 e. The maximum Gasteiger partial charge on any atom is 0.320 e. The molecule has 0 fully saturated rings. The van der Waals surface area contributed by atoms with Crippen LogP contribution in [-0.2, 0) is 0 Å². The van der Waals surface area contributed by atoms with E-state index in [0.717, 1.165) is 5.56 Å². The van der Waals surface area contributed by atoms with Crippen LogP contribution in [0.15, 0.2) is 54.6 Å². The molecule has 0 saturated heterocycles. The number of carbonyl (C=O) groups is 2. The van der Waals surface area contributed by atoms with Gasteiger partial charge in [-0.15, -0.1) is 0 Å². The van der Waals surface area contributed by atoms with Crippen LogP contribution in [0.5, 0.6) is 0 Å². The second-order valence-electron chi connectivity index (χ2n) is 8.07. The summed E-state index contributed by atoms with van der Waals surface area (Å²) >= 11 is 6.14. The van der Waals surface area contributed by atoms with Gasteiger partial charge in [0.1, 0.15) is 5.82 Å². The molecule has 0 spiro atoms. The van der Waals surface area contributed by atoms with Gasteiger partial charge in [0.25, 0.3) is 0 Å². The van der Waals surface area contributed by atoms with E-state index in [4.69, 9.17) is 17.3 Å². The van der Waals surface area contributed by atoms with E-state index >= 15 is 0 Å². The van der Waals surface area contributed by atoms with Crippen LogP contribution in [0, 0.1) is 11.7 Å². The van der Waals surface area contributed by atoms with Crippen LogP contribution < -0.4 is 11.1 Å². The van der Waals surface area contributed by atoms with Gasteiger partial charge >= 0.3 is 12.1 Å². The Hall–Kier alpha value is -3.06. The van der Waals surface area contributed by atoms with E-state index < -0.39 is 6.03 Å². The average Bonchev–Trinajstić information content (AvgIpc) is 2.77. The van der Waals surface area contributed by atoms with Crippen molar-refractivity contribution < 1.29 is 14.0 Å². The third-order valence-corrected chi connectivity index (χ3v) is 5.79. The molecule has 8 heteroatoms. The van der Waals surface area contributed by atoms with Gasteiger partial charge in [-0.05, 0) is 42.2 Å². The summed E-state index contributed by atoms with van der Waals surface area (Å²) in [5, 5.41) is 3.03. The second-order valence-corrected chi connectivity index (χ2v) is 8.51. The second kappa shape index (κ2) is 10.5. The Morgan fingerprint density at radius 1 is 1.22 bits per heavy atom. The molecule has 3 rings (SSSR count). The fourth-order valence-electron chi connectivity index (χ4n) is 4.15. The van der Waals surface area contributed by atoms with Gasteiger partial charge in [0.15, 0.2) is 0 Å². The number of hydrogen-bond donors (Lipinski definition) is 2. The van der Waals surface area contributed by atoms with Crippen LogP contribution in [0.2, 0.25) is 5.02 Å². The minimum atomic E-state index is -0.574. The summed E-state index contributed by atoms with van der Waals surface area (Å²) in [6, 6.07) is 13.3. The van der Waals surface area contributed by atoms with Crippen molar-refractivity contribution in [3.8, 4) is 0 Å². The molecule has 4 amide bonds. The molecule has 0 saturated carbocycles. The van der Waals surface area contributed by atoms with Crippen molar-refractivity contribution in [2.24, 2.45) is 11.7 Å². The Morgan fingerprint density at radius 3 is 2.59 bits per heavy atom. The lowest BCUT2D eigenvalue weighted by Crippen LogP contribution is -2.46. The van der Waals surface area contributed by atoms with Crippen molar-refractivity contribution in [2.45, 2.75) is 18.9 Å². The molecule has 1 aliphatic heterocycles. The number of halogens is 2. The number of rotatable bonds is 6. The first-order valence-corrected chi connectivity index (χ1v) is 10.9. The van der Waals surface area contributed by atoms with Gasteiger partial charge in [-0.2, -0.15) is 0 Å². The van der Waals surface area contributed by atoms with Gasteiger partial charge in [0.2, 0.25) is 0 Å². The Labute approximate surface area is 192 Å². The highest BCUT2D eigenvalue weighted by molar-refractivity contribution is 6.30. The van der Waals surface area contributed by atoms with Gasteiger partial charge in [-0.1, -0.05) is 48.0 Å². The lowest BCUT2D eigenvalue weighted by atomic mass is 9.82. The van der Waals surface area contributed by atoms with Crippen molar-refractivity contribution in [1.29, 1.82) is 0 Å². The highest BCUT2D eigenvalue weighted by atomic mass is 35.5. The van der Waals surface area contributed by atoms with Crippen LogP contribution in [0.25, 0.3) is 5.57 Å². The molecule has 0 radical (unpaired) electrons. The summed E-state index contributed by atoms with van der Waals surface area (Å²) in [5.74, 6) is -0.483. The van der Waals surface area contributed by atoms with Gasteiger partial charge in [-0.3, -0.25) is 0 Å². The molecule has 1 heterocycles. The number of benzene rings is 2. The van der Waals surface area contributed by atoms with Crippen molar-refractivity contribution in [3.63, 3.8) is 0 Å². The van der Waals surface area contributed by atoms with E-state index in [0.29, 0.717) is 35.5 Å². The molecule has 2 aromatic carbocycles. The third kappa shape index (κ3) is 5.59. The predicted molar refractivity (Wildman–Crippen MR) is 125 cm³/mol. The zero-order valence-corrected chi connectivity index (χ0v) is 19.0. The molecule has 1 aliphatic rings. The maximum atomic E-state index is 14.7. The van der Waals surface area contributed by atoms with Crippen LogP contribution >= 0.6 is 11.6 Å². The first-order chi connectivity index (χ1) is 15.3. The van der Waals surface area contributed by atoms with E-state index in [1.807, 2.05) is 36.4 Å². The van der Waals surface area contributed by atoms with E-state index in [-0.39, 0.29) is 30.4 Å². The molecule has 2 atom stereocenters. The third-order valence-electron chi connectivity index (χ3n) is 5.55. The molecule has 2 aromatic rings. The quantitative estimate of drug-likeness (QED) is 0.617. The summed E-state index contributed by atoms with van der Waals surface area (Å²) in [5.41, 5.74) is 7.28. The predicted octanol–water partition coefficient (Wildman–Crippen LogP) is 4.67. The number of hydrogen-bond acceptors (Lipinski definition) is 2. The van der Waals surface area contributed by atoms with Gasteiger partial charge in [-0.25, -0.2) is 14.0 Å². The van der Waals surface area contributed by atoms with Crippen LogP contribution in [0.1, 0.15) is 30.0 Å². The molecular weight excluding hydrogens is 431 g/mol. The Balaban J connectivity index is 2.04. The van der Waals surface area contributed by atoms with E-state index in [2.05, 4.69) is 5.32 Å². The Morgan fingerprint density at radius 2 is 1.94 bits per heavy atom. The fourth-order valence-corrected chi connectivity index (χ4v) is 4.32. The van der Waals surface area contributed by atoms with Gasteiger partial charge in [0.05, 0.1) is 6.04 Å². The SMILES string of the molecule is CN(C)C(=O)N1CC(c2cc(Cl)ccc2F)=CC(CCCNC(N)=O)C1c1ccccc1. The number of nitrogens with zero attached hydrogens (tertiary/aromatic N) is 2. The molecular formula is C24H28ClFN4O2. The zero-order valence-electron chi connectivity index (χ0n) is 18.2. The summed E-state index contributed by atoms with van der Waals surface area (Å²) < 4.78 is 14.7. The number of carbonyl (C=O) groups excluding carboxylic acids is 2. The largest absolute Gasteiger partial charge is 0.352 e. The standard InChI is InChI=1S/C24H28ClFN4O2/c1-29(2)24(32)30-15-18(20-14-19(25)10-11-21(20)26)13-17(9-6-12-28-23(27)31)22(30)16-7-4-3-5-8-16/h3-5,7-8,10-11,13-14,17,22H,6,9,12,15H2,1-2H3,(H3,27,28,31). The first kappa shape index (κ1) is 23.6. The van der Waals surface area contributed by atoms with Crippen LogP contribution in [0.3, 0.4) is 0 Å².